The number of nitrogens with one attached hydrogen (secondary N) is 1. The number of aromatic nitrogens is 1. The Hall–Kier alpha value is -2.80. The molecule has 1 aliphatic heterocycles. The number of pyridine rings is 1. The zero-order valence-electron chi connectivity index (χ0n) is 17.5. The molecule has 0 saturated carbocycles. The van der Waals surface area contributed by atoms with Gasteiger partial charge >= 0.3 is 0 Å². The van der Waals surface area contributed by atoms with Gasteiger partial charge in [0.25, 0.3) is 0 Å². The van der Waals surface area contributed by atoms with Crippen LogP contribution >= 0.6 is 11.6 Å². The van der Waals surface area contributed by atoms with Gasteiger partial charge in [0, 0.05) is 56.6 Å². The quantitative estimate of drug-likeness (QED) is 0.564. The number of carbonyl (C=O) groups excluding carboxylic acids is 1. The van der Waals surface area contributed by atoms with Crippen LogP contribution in [0.3, 0.4) is 0 Å². The maximum Gasteiger partial charge on any atom is 0.227 e. The second-order valence-electron chi connectivity index (χ2n) is 6.98. The molecular weight excluding hydrogens is 402 g/mol. The molecule has 3 rings (SSSR count). The standard InChI is InChI=1S/C22H28ClN5O2/c1-3-30-21-18(7-5-9-25-21)16-26-22(24-2)28-12-10-27(11-13-28)20(29)15-17-6-4-8-19(23)14-17/h4-9,14H,3,10-13,15-16H2,1-2H3,(H,24,26). The van der Waals surface area contributed by atoms with Crippen molar-refractivity contribution in [3.63, 3.8) is 0 Å². The van der Waals surface area contributed by atoms with E-state index in [4.69, 9.17) is 16.3 Å². The van der Waals surface area contributed by atoms with Crippen molar-refractivity contribution in [1.82, 2.24) is 20.1 Å². The van der Waals surface area contributed by atoms with E-state index in [0.717, 1.165) is 30.2 Å². The zero-order chi connectivity index (χ0) is 21.3. The lowest BCUT2D eigenvalue weighted by Gasteiger charge is -2.36. The summed E-state index contributed by atoms with van der Waals surface area (Å²) in [5.74, 6) is 1.57. The fourth-order valence-corrected chi connectivity index (χ4v) is 3.65. The van der Waals surface area contributed by atoms with Gasteiger partial charge in [0.2, 0.25) is 11.8 Å². The first-order chi connectivity index (χ1) is 14.6. The van der Waals surface area contributed by atoms with Gasteiger partial charge in [-0.3, -0.25) is 9.79 Å². The van der Waals surface area contributed by atoms with E-state index in [-0.39, 0.29) is 5.91 Å². The second kappa shape index (κ2) is 10.8. The second-order valence-corrected chi connectivity index (χ2v) is 7.41. The Morgan fingerprint density at radius 2 is 1.97 bits per heavy atom. The largest absolute Gasteiger partial charge is 0.478 e. The van der Waals surface area contributed by atoms with Crippen molar-refractivity contribution in [3.05, 3.63) is 58.7 Å². The lowest BCUT2D eigenvalue weighted by molar-refractivity contribution is -0.131. The lowest BCUT2D eigenvalue weighted by Crippen LogP contribution is -2.53. The molecule has 30 heavy (non-hydrogen) atoms. The predicted octanol–water partition coefficient (Wildman–Crippen LogP) is 2.60. The summed E-state index contributed by atoms with van der Waals surface area (Å²) in [5, 5.41) is 4.04. The van der Waals surface area contributed by atoms with Crippen LogP contribution in [0.15, 0.2) is 47.6 Å². The molecule has 160 valence electrons. The van der Waals surface area contributed by atoms with Crippen molar-refractivity contribution in [2.45, 2.75) is 19.9 Å². The normalized spacial score (nSPS) is 14.6. The Morgan fingerprint density at radius 1 is 1.20 bits per heavy atom. The first-order valence-electron chi connectivity index (χ1n) is 10.1. The van der Waals surface area contributed by atoms with Crippen LogP contribution < -0.4 is 10.1 Å². The summed E-state index contributed by atoms with van der Waals surface area (Å²) in [4.78, 5) is 25.4. The number of ether oxygens (including phenoxy) is 1. The number of benzene rings is 1. The highest BCUT2D eigenvalue weighted by molar-refractivity contribution is 6.30. The van der Waals surface area contributed by atoms with E-state index in [0.29, 0.717) is 43.6 Å². The minimum absolute atomic E-state index is 0.122. The first kappa shape index (κ1) is 21.9. The Bertz CT molecular complexity index is 881. The number of guanidine groups is 1. The van der Waals surface area contributed by atoms with Gasteiger partial charge in [-0.1, -0.05) is 29.8 Å². The van der Waals surface area contributed by atoms with Crippen molar-refractivity contribution < 1.29 is 9.53 Å². The fourth-order valence-electron chi connectivity index (χ4n) is 3.43. The molecular formula is C22H28ClN5O2. The van der Waals surface area contributed by atoms with Crippen molar-refractivity contribution in [1.29, 1.82) is 0 Å². The molecule has 2 aromatic rings. The maximum absolute atomic E-state index is 12.6. The molecule has 0 aliphatic carbocycles. The van der Waals surface area contributed by atoms with E-state index in [1.165, 1.54) is 0 Å². The maximum atomic E-state index is 12.6. The minimum Gasteiger partial charge on any atom is -0.478 e. The minimum atomic E-state index is 0.122. The number of piperazine rings is 1. The molecule has 1 saturated heterocycles. The summed E-state index contributed by atoms with van der Waals surface area (Å²) in [5.41, 5.74) is 1.92. The number of halogens is 1. The van der Waals surface area contributed by atoms with E-state index in [9.17, 15) is 4.79 Å². The number of aliphatic imine (C=N–C) groups is 1. The van der Waals surface area contributed by atoms with Gasteiger partial charge in [0.15, 0.2) is 5.96 Å². The third-order valence-electron chi connectivity index (χ3n) is 4.96. The third-order valence-corrected chi connectivity index (χ3v) is 5.19. The summed E-state index contributed by atoms with van der Waals surface area (Å²) in [7, 11) is 1.77. The molecule has 7 nitrogen and oxygen atoms in total. The monoisotopic (exact) mass is 429 g/mol. The Morgan fingerprint density at radius 3 is 2.67 bits per heavy atom. The van der Waals surface area contributed by atoms with Gasteiger partial charge in [0.1, 0.15) is 0 Å². The number of hydrogen-bond donors (Lipinski definition) is 1. The number of carbonyl (C=O) groups is 1. The van der Waals surface area contributed by atoms with Crippen LogP contribution in [-0.4, -0.2) is 66.5 Å². The fraction of sp³-hybridized carbons (Fsp3) is 0.409. The molecule has 1 N–H and O–H groups in total. The van der Waals surface area contributed by atoms with E-state index < -0.39 is 0 Å². The predicted molar refractivity (Wildman–Crippen MR) is 119 cm³/mol. The third kappa shape index (κ3) is 5.86. The summed E-state index contributed by atoms with van der Waals surface area (Å²) in [6, 6.07) is 11.3. The van der Waals surface area contributed by atoms with Crippen LogP contribution in [0.5, 0.6) is 5.88 Å². The summed E-state index contributed by atoms with van der Waals surface area (Å²) in [6.45, 7) is 5.87. The van der Waals surface area contributed by atoms with Crippen LogP contribution in [0.25, 0.3) is 0 Å². The highest BCUT2D eigenvalue weighted by Crippen LogP contribution is 2.15. The highest BCUT2D eigenvalue weighted by Gasteiger charge is 2.23. The molecule has 0 bridgehead atoms. The molecule has 2 heterocycles. The van der Waals surface area contributed by atoms with E-state index in [2.05, 4.69) is 20.2 Å². The average molecular weight is 430 g/mol. The van der Waals surface area contributed by atoms with Gasteiger partial charge in [-0.25, -0.2) is 4.98 Å². The molecule has 0 unspecified atom stereocenters. The molecule has 8 heteroatoms. The summed E-state index contributed by atoms with van der Waals surface area (Å²) in [6.07, 6.45) is 2.09. The zero-order valence-corrected chi connectivity index (χ0v) is 18.2. The molecule has 1 fully saturated rings. The molecule has 1 aromatic heterocycles. The van der Waals surface area contributed by atoms with Crippen molar-refractivity contribution in [2.75, 3.05) is 39.8 Å². The highest BCUT2D eigenvalue weighted by atomic mass is 35.5. The van der Waals surface area contributed by atoms with Gasteiger partial charge in [-0.05, 0) is 30.7 Å². The van der Waals surface area contributed by atoms with Gasteiger partial charge in [-0.2, -0.15) is 0 Å². The lowest BCUT2D eigenvalue weighted by atomic mass is 10.1. The number of nitrogens with zero attached hydrogens (tertiary/aromatic N) is 4. The summed E-state index contributed by atoms with van der Waals surface area (Å²) >= 11 is 6.02. The number of hydrogen-bond acceptors (Lipinski definition) is 4. The Kier molecular flexibility index (Phi) is 7.90. The Labute approximate surface area is 182 Å². The summed E-state index contributed by atoms with van der Waals surface area (Å²) < 4.78 is 5.59. The van der Waals surface area contributed by atoms with Gasteiger partial charge in [0.05, 0.1) is 13.0 Å². The van der Waals surface area contributed by atoms with Crippen molar-refractivity contribution in [3.8, 4) is 5.88 Å². The van der Waals surface area contributed by atoms with Crippen LogP contribution in [0.4, 0.5) is 0 Å². The molecule has 0 atom stereocenters. The smallest absolute Gasteiger partial charge is 0.227 e. The van der Waals surface area contributed by atoms with Crippen LogP contribution in [0, 0.1) is 0 Å². The number of amides is 1. The molecule has 1 aliphatic rings. The average Bonchev–Trinajstić information content (AvgIpc) is 2.76. The van der Waals surface area contributed by atoms with E-state index in [1.54, 1.807) is 13.2 Å². The molecule has 0 spiro atoms. The Balaban J connectivity index is 1.51. The SMILES string of the molecule is CCOc1ncccc1CNC(=NC)N1CCN(C(=O)Cc2cccc(Cl)c2)CC1. The molecule has 1 aromatic carbocycles. The molecule has 0 radical (unpaired) electrons. The van der Waals surface area contributed by atoms with Gasteiger partial charge < -0.3 is 19.9 Å². The first-order valence-corrected chi connectivity index (χ1v) is 10.5. The van der Waals surface area contributed by atoms with Crippen LogP contribution in [0.2, 0.25) is 5.02 Å². The topological polar surface area (TPSA) is 70.1 Å². The van der Waals surface area contributed by atoms with Crippen molar-refractivity contribution in [2.24, 2.45) is 4.99 Å². The van der Waals surface area contributed by atoms with Gasteiger partial charge in [-0.15, -0.1) is 0 Å². The van der Waals surface area contributed by atoms with E-state index >= 15 is 0 Å². The molecule has 1 amide bonds. The van der Waals surface area contributed by atoms with Crippen LogP contribution in [-0.2, 0) is 17.8 Å². The van der Waals surface area contributed by atoms with Crippen LogP contribution in [0.1, 0.15) is 18.1 Å². The number of rotatable bonds is 6. The van der Waals surface area contributed by atoms with E-state index in [1.807, 2.05) is 48.2 Å². The van der Waals surface area contributed by atoms with Crippen molar-refractivity contribution >= 4 is 23.5 Å².